The third-order valence-electron chi connectivity index (χ3n) is 5.74. The summed E-state index contributed by atoms with van der Waals surface area (Å²) in [7, 11) is 0. The van der Waals surface area contributed by atoms with Crippen LogP contribution in [0.5, 0.6) is 0 Å². The summed E-state index contributed by atoms with van der Waals surface area (Å²) in [6.07, 6.45) is -24.7. The second-order valence-electron chi connectivity index (χ2n) is 8.10. The first-order chi connectivity index (χ1) is 16.0. The Balaban J connectivity index is 2.17. The molecule has 0 bridgehead atoms. The predicted octanol–water partition coefficient (Wildman–Crippen LogP) is -7.94. The normalized spacial score (nSPS) is 42.7. The van der Waals surface area contributed by atoms with Crippen LogP contribution in [0.25, 0.3) is 0 Å². The molecule has 0 saturated carbocycles. The maximum Gasteiger partial charge on any atom is 0.187 e. The number of hydrogen-bond donors (Lipinski definition) is 12. The van der Waals surface area contributed by atoms with Crippen molar-refractivity contribution in [1.82, 2.24) is 0 Å². The van der Waals surface area contributed by atoms with Gasteiger partial charge in [0.2, 0.25) is 0 Å². The number of hydrogen-bond acceptors (Lipinski definition) is 16. The zero-order valence-corrected chi connectivity index (χ0v) is 17.9. The quantitative estimate of drug-likeness (QED) is 0.124. The van der Waals surface area contributed by atoms with Crippen LogP contribution in [0.2, 0.25) is 0 Å². The summed E-state index contributed by atoms with van der Waals surface area (Å²) in [6, 6.07) is 0. The van der Waals surface area contributed by atoms with Gasteiger partial charge in [-0.2, -0.15) is 0 Å². The van der Waals surface area contributed by atoms with Crippen molar-refractivity contribution >= 4 is 0 Å². The van der Waals surface area contributed by atoms with E-state index in [-0.39, 0.29) is 0 Å². The Labute approximate surface area is 193 Å². The van der Waals surface area contributed by atoms with Gasteiger partial charge in [-0.25, -0.2) is 0 Å². The zero-order valence-electron chi connectivity index (χ0n) is 17.9. The molecule has 16 heteroatoms. The highest BCUT2D eigenvalue weighted by atomic mass is 16.7. The summed E-state index contributed by atoms with van der Waals surface area (Å²) in [6.45, 7) is -3.52. The lowest BCUT2D eigenvalue weighted by molar-refractivity contribution is -0.367. The van der Waals surface area contributed by atoms with Gasteiger partial charge in [-0.15, -0.1) is 0 Å². The molecule has 0 aromatic rings. The van der Waals surface area contributed by atoms with E-state index in [9.17, 15) is 56.2 Å². The monoisotopic (exact) mass is 506 g/mol. The van der Waals surface area contributed by atoms with E-state index in [1.165, 1.54) is 0 Å². The molecule has 0 aromatic carbocycles. The molecule has 2 aliphatic rings. The van der Waals surface area contributed by atoms with Gasteiger partial charge >= 0.3 is 0 Å². The average Bonchev–Trinajstić information content (AvgIpc) is 2.84. The summed E-state index contributed by atoms with van der Waals surface area (Å²) in [4.78, 5) is 0. The van der Waals surface area contributed by atoms with Gasteiger partial charge in [0.25, 0.3) is 0 Å². The summed E-state index contributed by atoms with van der Waals surface area (Å²) in [5.74, 6) is 0. The molecule has 2 fully saturated rings. The van der Waals surface area contributed by atoms with Crippen LogP contribution >= 0.6 is 0 Å². The van der Waals surface area contributed by atoms with Gasteiger partial charge in [-0.1, -0.05) is 0 Å². The molecule has 0 aromatic heterocycles. The summed E-state index contributed by atoms with van der Waals surface area (Å²) < 4.78 is 21.2. The molecular weight excluding hydrogens is 472 g/mol. The van der Waals surface area contributed by atoms with Crippen molar-refractivity contribution in [2.24, 2.45) is 0 Å². The lowest BCUT2D eigenvalue weighted by Crippen LogP contribution is -2.65. The smallest absolute Gasteiger partial charge is 0.187 e. The van der Waals surface area contributed by atoms with E-state index in [2.05, 4.69) is 0 Å². The van der Waals surface area contributed by atoms with Crippen LogP contribution < -0.4 is 0 Å². The Morgan fingerprint density at radius 3 is 1.68 bits per heavy atom. The van der Waals surface area contributed by atoms with Crippen LogP contribution in [-0.2, 0) is 18.9 Å². The van der Waals surface area contributed by atoms with Crippen molar-refractivity contribution < 1.29 is 80.2 Å². The number of rotatable bonds is 11. The molecule has 0 amide bonds. The maximum absolute atomic E-state index is 10.6. The summed E-state index contributed by atoms with van der Waals surface area (Å²) >= 11 is 0. The predicted molar refractivity (Wildman–Crippen MR) is 103 cm³/mol. The fourth-order valence-electron chi connectivity index (χ4n) is 3.65. The highest BCUT2D eigenvalue weighted by Crippen LogP contribution is 2.30. The number of aliphatic hydroxyl groups excluding tert-OH is 12. The first-order valence-corrected chi connectivity index (χ1v) is 10.5. The third-order valence-corrected chi connectivity index (χ3v) is 5.74. The van der Waals surface area contributed by atoms with Crippen molar-refractivity contribution in [2.45, 2.75) is 85.8 Å². The first kappa shape index (κ1) is 29.6. The lowest BCUT2D eigenvalue weighted by Gasteiger charge is -2.46. The standard InChI is InChI=1S/C18H34O16/c19-1-5(23)9(25)15(6(24)2-20)33-18-14(30)12(28)16(8(4-22)32-18)34-17-13(29)11(27)10(26)7(3-21)31-17/h5-30H,1-4H2/t5-,6+,7+,8-,9-,10+,11-,12-,13-,14-,15-,16-,17-,18+/m0/s1. The molecule has 2 rings (SSSR count). The van der Waals surface area contributed by atoms with Crippen LogP contribution in [0.15, 0.2) is 0 Å². The van der Waals surface area contributed by atoms with E-state index in [4.69, 9.17) is 24.1 Å². The van der Waals surface area contributed by atoms with Crippen LogP contribution in [0.3, 0.4) is 0 Å². The van der Waals surface area contributed by atoms with Gasteiger partial charge in [-0.3, -0.25) is 0 Å². The van der Waals surface area contributed by atoms with Gasteiger partial charge in [0.05, 0.1) is 26.4 Å². The van der Waals surface area contributed by atoms with E-state index in [0.29, 0.717) is 0 Å². The Hall–Kier alpha value is -0.640. The third kappa shape index (κ3) is 6.37. The molecule has 2 saturated heterocycles. The van der Waals surface area contributed by atoms with Gasteiger partial charge in [0.15, 0.2) is 12.6 Å². The molecule has 34 heavy (non-hydrogen) atoms. The van der Waals surface area contributed by atoms with Gasteiger partial charge in [-0.05, 0) is 0 Å². The minimum absolute atomic E-state index is 0.757. The van der Waals surface area contributed by atoms with Gasteiger partial charge in [0, 0.05) is 0 Å². The van der Waals surface area contributed by atoms with E-state index in [1.807, 2.05) is 0 Å². The largest absolute Gasteiger partial charge is 0.394 e. The van der Waals surface area contributed by atoms with Crippen LogP contribution in [0.4, 0.5) is 0 Å². The first-order valence-electron chi connectivity index (χ1n) is 10.5. The Kier molecular flexibility index (Phi) is 11.4. The number of aliphatic hydroxyl groups is 12. The van der Waals surface area contributed by atoms with E-state index in [0.717, 1.165) is 0 Å². The fraction of sp³-hybridized carbons (Fsp3) is 1.00. The van der Waals surface area contributed by atoms with Gasteiger partial charge in [0.1, 0.15) is 73.2 Å². The lowest BCUT2D eigenvalue weighted by atomic mass is 9.96. The average molecular weight is 506 g/mol. The summed E-state index contributed by atoms with van der Waals surface area (Å²) in [5.41, 5.74) is 0. The van der Waals surface area contributed by atoms with Gasteiger partial charge < -0.3 is 80.2 Å². The van der Waals surface area contributed by atoms with Crippen LogP contribution in [0, 0.1) is 0 Å². The minimum Gasteiger partial charge on any atom is -0.394 e. The molecule has 0 radical (unpaired) electrons. The van der Waals surface area contributed by atoms with Crippen LogP contribution in [-0.4, -0.2) is 174 Å². The Bertz CT molecular complexity index is 594. The van der Waals surface area contributed by atoms with Crippen LogP contribution in [0.1, 0.15) is 0 Å². The van der Waals surface area contributed by atoms with Crippen molar-refractivity contribution in [3.8, 4) is 0 Å². The molecule has 202 valence electrons. The molecule has 0 spiro atoms. The SMILES string of the molecule is OC[C@@H](O)[C@H](O[C@H]1O[C@@H](CO)[C@H](O[C@@H]2O[C@H](CO)[C@@H](O)[C@H](O)[C@@H]2O)[C@@H](O)[C@@H]1O)[C@@H](O)[C@@H](O)CO. The highest BCUT2D eigenvalue weighted by molar-refractivity contribution is 4.95. The molecule has 12 N–H and O–H groups in total. The molecule has 16 nitrogen and oxygen atoms in total. The fourth-order valence-corrected chi connectivity index (χ4v) is 3.65. The highest BCUT2D eigenvalue weighted by Gasteiger charge is 2.51. The Morgan fingerprint density at radius 1 is 0.618 bits per heavy atom. The zero-order chi connectivity index (χ0) is 25.7. The van der Waals surface area contributed by atoms with Crippen molar-refractivity contribution in [1.29, 1.82) is 0 Å². The van der Waals surface area contributed by atoms with E-state index in [1.54, 1.807) is 0 Å². The van der Waals surface area contributed by atoms with E-state index >= 15 is 0 Å². The molecule has 2 heterocycles. The summed E-state index contributed by atoms with van der Waals surface area (Å²) in [5, 5.41) is 118. The second kappa shape index (κ2) is 13.1. The minimum atomic E-state index is -1.98. The maximum atomic E-state index is 10.6. The second-order valence-corrected chi connectivity index (χ2v) is 8.10. The molecule has 0 unspecified atom stereocenters. The number of ether oxygens (including phenoxy) is 4. The van der Waals surface area contributed by atoms with E-state index < -0.39 is 112 Å². The molecule has 0 aliphatic carbocycles. The topological polar surface area (TPSA) is 280 Å². The molecule has 14 atom stereocenters. The molecule has 2 aliphatic heterocycles. The van der Waals surface area contributed by atoms with Crippen molar-refractivity contribution in [2.75, 3.05) is 26.4 Å². The van der Waals surface area contributed by atoms with Crippen molar-refractivity contribution in [3.63, 3.8) is 0 Å². The van der Waals surface area contributed by atoms with Crippen molar-refractivity contribution in [3.05, 3.63) is 0 Å². The molecular formula is C18H34O16. The Morgan fingerprint density at radius 2 is 1.15 bits per heavy atom.